The van der Waals surface area contributed by atoms with Gasteiger partial charge in [-0.2, -0.15) is 0 Å². The van der Waals surface area contributed by atoms with Crippen LogP contribution in [0, 0.1) is 28.6 Å². The van der Waals surface area contributed by atoms with Crippen molar-refractivity contribution in [2.24, 2.45) is 28.6 Å². The molecule has 6 nitrogen and oxygen atoms in total. The van der Waals surface area contributed by atoms with Gasteiger partial charge in [-0.3, -0.25) is 9.59 Å². The van der Waals surface area contributed by atoms with E-state index in [2.05, 4.69) is 38.1 Å². The van der Waals surface area contributed by atoms with E-state index >= 15 is 8.78 Å². The van der Waals surface area contributed by atoms with Crippen LogP contribution in [0.1, 0.15) is 82.9 Å². The summed E-state index contributed by atoms with van der Waals surface area (Å²) in [4.78, 5) is 25.9. The summed E-state index contributed by atoms with van der Waals surface area (Å²) in [5, 5.41) is 21.9. The van der Waals surface area contributed by atoms with E-state index in [4.69, 9.17) is 9.47 Å². The average molecular weight is 663 g/mol. The fraction of sp³-hybridized carbons (Fsp3) is 0.550. The molecule has 0 unspecified atom stereocenters. The summed E-state index contributed by atoms with van der Waals surface area (Å²) in [5.41, 5.74) is -2.24. The summed E-state index contributed by atoms with van der Waals surface area (Å²) in [5.74, 6) is -1.99. The second-order valence-corrected chi connectivity index (χ2v) is 15.3. The number of hydrogen-bond donors (Lipinski definition) is 2. The highest BCUT2D eigenvalue weighted by Crippen LogP contribution is 2.72. The molecule has 4 aliphatic carbocycles. The maximum Gasteiger partial charge on any atom is 0.193 e. The Hall–Kier alpha value is -3.04. The second-order valence-electron chi connectivity index (χ2n) is 15.3. The van der Waals surface area contributed by atoms with Gasteiger partial charge in [0.1, 0.15) is 12.8 Å². The number of hydrogen-bond acceptors (Lipinski definition) is 6. The van der Waals surface area contributed by atoms with Crippen LogP contribution < -0.4 is 0 Å². The molecule has 48 heavy (non-hydrogen) atoms. The van der Waals surface area contributed by atoms with Gasteiger partial charge in [-0.05, 0) is 85.3 Å². The quantitative estimate of drug-likeness (QED) is 0.341. The molecule has 4 fully saturated rings. The van der Waals surface area contributed by atoms with Crippen molar-refractivity contribution in [3.63, 3.8) is 0 Å². The molecule has 2 aromatic rings. The molecule has 0 amide bonds. The molecule has 1 heterocycles. The summed E-state index contributed by atoms with van der Waals surface area (Å²) < 4.78 is 46.5. The Morgan fingerprint density at radius 2 is 1.75 bits per heavy atom. The number of carbonyl (C=O) groups excluding carboxylic acids is 2. The molecule has 0 aromatic heterocycles. The monoisotopic (exact) mass is 662 g/mol. The number of aliphatic hydroxyl groups is 2. The zero-order valence-electron chi connectivity index (χ0n) is 27.4. The normalized spacial score (nSPS) is 39.6. The number of rotatable bonds is 7. The van der Waals surface area contributed by atoms with Crippen LogP contribution in [0.4, 0.5) is 8.78 Å². The predicted molar refractivity (Wildman–Crippen MR) is 179 cm³/mol. The fourth-order valence-corrected chi connectivity index (χ4v) is 10.1. The SMILES string of the molecule is C.CC(C)Cc1cccc(Cc2ccc([C@H]3O[C@@H]4C[C@H]5[C@@H]6C[C@H](F)C7=CC(=O)C=C[C@]7(C)[C@@]6(F)[C@@H](O)C[C@]5(C)[C@]4(C(=O)CO)O3)cc2)c1. The number of alkyl halides is 2. The van der Waals surface area contributed by atoms with Crippen LogP contribution in [0.15, 0.2) is 72.3 Å². The van der Waals surface area contributed by atoms with E-state index in [-0.39, 0.29) is 32.3 Å². The highest BCUT2D eigenvalue weighted by atomic mass is 19.1. The smallest absolute Gasteiger partial charge is 0.193 e. The Kier molecular flexibility index (Phi) is 8.76. The third kappa shape index (κ3) is 4.84. The highest BCUT2D eigenvalue weighted by Gasteiger charge is 2.80. The summed E-state index contributed by atoms with van der Waals surface area (Å²) in [6, 6.07) is 16.4. The van der Waals surface area contributed by atoms with Crippen molar-refractivity contribution in [1.82, 2.24) is 0 Å². The van der Waals surface area contributed by atoms with E-state index < -0.39 is 76.8 Å². The maximum absolute atomic E-state index is 17.6. The molecule has 2 aromatic carbocycles. The van der Waals surface area contributed by atoms with Gasteiger partial charge in [0, 0.05) is 22.3 Å². The van der Waals surface area contributed by atoms with E-state index in [1.807, 2.05) is 24.3 Å². The summed E-state index contributed by atoms with van der Waals surface area (Å²) in [6.07, 6.45) is 0.477. The molecule has 1 aliphatic heterocycles. The van der Waals surface area contributed by atoms with Crippen molar-refractivity contribution in [2.45, 2.75) is 103 Å². The number of Topliss-reactive ketones (excluding diaryl/α,β-unsaturated/α-hetero) is 1. The van der Waals surface area contributed by atoms with Crippen LogP contribution in [0.2, 0.25) is 0 Å². The summed E-state index contributed by atoms with van der Waals surface area (Å²) in [6.45, 7) is 6.93. The lowest BCUT2D eigenvalue weighted by Gasteiger charge is -2.63. The highest BCUT2D eigenvalue weighted by molar-refractivity contribution is 6.01. The molecule has 3 saturated carbocycles. The van der Waals surface area contributed by atoms with Crippen molar-refractivity contribution in [2.75, 3.05) is 6.61 Å². The van der Waals surface area contributed by atoms with Crippen molar-refractivity contribution >= 4 is 11.6 Å². The Labute approximate surface area is 282 Å². The number of halogens is 2. The van der Waals surface area contributed by atoms with Crippen LogP contribution in [0.5, 0.6) is 0 Å². The molecule has 5 aliphatic rings. The standard InChI is InChI=1S/C39H44F2O6.CH4/c1-22(2)14-24-6-5-7-25(16-24)15-23-8-10-26(11-9-23)35-46-34-19-28-29-18-31(40)30-17-27(43)12-13-36(30,3)38(29,41)32(44)20-37(28,4)39(34,47-35)33(45)21-42;/h5-13,16-17,22,28-29,31-32,34-35,42,44H,14-15,18-21H2,1-4H3;1H4/t28-,29-,31-,32-,34+,35-,36-,37-,38-,39+;/m0./s1. The molecule has 0 bridgehead atoms. The minimum absolute atomic E-state index is 0. The molecule has 8 heteroatoms. The topological polar surface area (TPSA) is 93.1 Å². The van der Waals surface area contributed by atoms with E-state index in [1.165, 1.54) is 23.3 Å². The average Bonchev–Trinajstić information content (AvgIpc) is 3.53. The van der Waals surface area contributed by atoms with Crippen LogP contribution in [0.3, 0.4) is 0 Å². The Morgan fingerprint density at radius 3 is 2.44 bits per heavy atom. The third-order valence-electron chi connectivity index (χ3n) is 12.2. The first kappa shape index (κ1) is 34.8. The van der Waals surface area contributed by atoms with Gasteiger partial charge in [0.25, 0.3) is 0 Å². The first-order valence-corrected chi connectivity index (χ1v) is 16.9. The van der Waals surface area contributed by atoms with Crippen LogP contribution >= 0.6 is 0 Å². The van der Waals surface area contributed by atoms with Crippen molar-refractivity contribution in [3.8, 4) is 0 Å². The zero-order chi connectivity index (χ0) is 33.5. The second kappa shape index (κ2) is 12.1. The fourth-order valence-electron chi connectivity index (χ4n) is 10.1. The summed E-state index contributed by atoms with van der Waals surface area (Å²) in [7, 11) is 0. The zero-order valence-corrected chi connectivity index (χ0v) is 27.4. The number of fused-ring (bicyclic) bond motifs is 7. The van der Waals surface area contributed by atoms with Gasteiger partial charge in [-0.1, -0.05) is 82.8 Å². The largest absolute Gasteiger partial charge is 0.390 e. The third-order valence-corrected chi connectivity index (χ3v) is 12.2. The first-order chi connectivity index (χ1) is 22.3. The van der Waals surface area contributed by atoms with E-state index in [0.29, 0.717) is 11.5 Å². The van der Waals surface area contributed by atoms with Gasteiger partial charge in [0.2, 0.25) is 0 Å². The number of ether oxygens (including phenoxy) is 2. The Morgan fingerprint density at radius 1 is 1.04 bits per heavy atom. The summed E-state index contributed by atoms with van der Waals surface area (Å²) >= 11 is 0. The molecule has 2 N–H and O–H groups in total. The number of carbonyl (C=O) groups is 2. The number of benzene rings is 2. The molecular weight excluding hydrogens is 614 g/mol. The maximum atomic E-state index is 17.6. The Bertz CT molecular complexity index is 1650. The van der Waals surface area contributed by atoms with Gasteiger partial charge in [0.05, 0.1) is 12.2 Å². The van der Waals surface area contributed by atoms with Crippen LogP contribution in [-0.4, -0.2) is 58.0 Å². The minimum atomic E-state index is -2.28. The molecule has 0 radical (unpaired) electrons. The molecule has 7 rings (SSSR count). The molecular formula is C40H48F2O6. The molecule has 10 atom stereocenters. The van der Waals surface area contributed by atoms with E-state index in [0.717, 1.165) is 24.5 Å². The molecule has 0 spiro atoms. The lowest BCUT2D eigenvalue weighted by atomic mass is 9.44. The van der Waals surface area contributed by atoms with Crippen molar-refractivity contribution < 1.29 is 38.1 Å². The van der Waals surface area contributed by atoms with Crippen LogP contribution in [-0.2, 0) is 31.9 Å². The number of ketones is 2. The lowest BCUT2D eigenvalue weighted by molar-refractivity contribution is -0.235. The molecule has 258 valence electrons. The van der Waals surface area contributed by atoms with Gasteiger partial charge in [0.15, 0.2) is 29.1 Å². The van der Waals surface area contributed by atoms with Crippen LogP contribution in [0.25, 0.3) is 0 Å². The first-order valence-electron chi connectivity index (χ1n) is 16.9. The van der Waals surface area contributed by atoms with Gasteiger partial charge >= 0.3 is 0 Å². The lowest BCUT2D eigenvalue weighted by Crippen LogP contribution is -2.70. The number of aliphatic hydroxyl groups excluding tert-OH is 2. The van der Waals surface area contributed by atoms with Crippen molar-refractivity contribution in [1.29, 1.82) is 0 Å². The van der Waals surface area contributed by atoms with Gasteiger partial charge < -0.3 is 19.7 Å². The van der Waals surface area contributed by atoms with E-state index in [9.17, 15) is 19.8 Å². The molecule has 1 saturated heterocycles. The number of allylic oxidation sites excluding steroid dienone is 4. The Balaban J connectivity index is 0.00000401. The van der Waals surface area contributed by atoms with Gasteiger partial charge in [-0.15, -0.1) is 0 Å². The van der Waals surface area contributed by atoms with Crippen molar-refractivity contribution in [3.05, 3.63) is 94.6 Å². The predicted octanol–water partition coefficient (Wildman–Crippen LogP) is 6.75. The van der Waals surface area contributed by atoms with Gasteiger partial charge in [-0.25, -0.2) is 8.78 Å². The minimum Gasteiger partial charge on any atom is -0.390 e. The van der Waals surface area contributed by atoms with E-state index in [1.54, 1.807) is 13.8 Å².